The Morgan fingerprint density at radius 1 is 1.45 bits per heavy atom. The summed E-state index contributed by atoms with van der Waals surface area (Å²) in [6.45, 7) is 1.86. The second-order valence-corrected chi connectivity index (χ2v) is 7.62. The monoisotopic (exact) mass is 345 g/mol. The standard InChI is InChI=1S/C14H19NO5S2/c1-7-4-11(16)13(17)12(20-7)6-21-22-8-2-3-10(15)9(5-8)14(18)19/h2-3,5,7,11-13,16-17H,4,6,15H2,1H3,(H,18,19)/t7?,11-,12-,13-/m1/s1. The molecule has 5 N–H and O–H groups in total. The van der Waals surface area contributed by atoms with Gasteiger partial charge in [-0.3, -0.25) is 0 Å². The van der Waals surface area contributed by atoms with E-state index in [4.69, 9.17) is 15.6 Å². The molecule has 1 saturated heterocycles. The summed E-state index contributed by atoms with van der Waals surface area (Å²) in [7, 11) is 2.82. The quantitative estimate of drug-likeness (QED) is 0.470. The van der Waals surface area contributed by atoms with Crippen molar-refractivity contribution >= 4 is 33.2 Å². The van der Waals surface area contributed by atoms with Gasteiger partial charge in [-0.25, -0.2) is 4.79 Å². The number of ether oxygens (including phenoxy) is 1. The fourth-order valence-electron chi connectivity index (χ4n) is 2.24. The maximum absolute atomic E-state index is 11.0. The zero-order valence-electron chi connectivity index (χ0n) is 12.0. The number of benzene rings is 1. The van der Waals surface area contributed by atoms with E-state index in [1.807, 2.05) is 6.92 Å². The molecule has 0 aliphatic carbocycles. The van der Waals surface area contributed by atoms with Crippen molar-refractivity contribution in [2.24, 2.45) is 0 Å². The average molecular weight is 345 g/mol. The fraction of sp³-hybridized carbons (Fsp3) is 0.500. The number of nitrogen functional groups attached to an aromatic ring is 1. The highest BCUT2D eigenvalue weighted by atomic mass is 33.1. The lowest BCUT2D eigenvalue weighted by atomic mass is 10.00. The van der Waals surface area contributed by atoms with Crippen LogP contribution in [0.4, 0.5) is 5.69 Å². The van der Waals surface area contributed by atoms with Crippen molar-refractivity contribution in [2.45, 2.75) is 42.7 Å². The molecule has 0 radical (unpaired) electrons. The van der Waals surface area contributed by atoms with Gasteiger partial charge in [0.2, 0.25) is 0 Å². The van der Waals surface area contributed by atoms with Gasteiger partial charge in [0.1, 0.15) is 6.10 Å². The lowest BCUT2D eigenvalue weighted by Crippen LogP contribution is -2.48. The predicted molar refractivity (Wildman–Crippen MR) is 87.1 cm³/mol. The topological polar surface area (TPSA) is 113 Å². The van der Waals surface area contributed by atoms with Crippen molar-refractivity contribution in [3.8, 4) is 0 Å². The maximum atomic E-state index is 11.0. The van der Waals surface area contributed by atoms with E-state index in [9.17, 15) is 15.0 Å². The third-order valence-corrected chi connectivity index (χ3v) is 5.77. The number of aliphatic hydroxyl groups excluding tert-OH is 2. The number of hydrogen-bond acceptors (Lipinski definition) is 7. The van der Waals surface area contributed by atoms with Crippen molar-refractivity contribution in [3.05, 3.63) is 23.8 Å². The Kier molecular flexibility index (Phi) is 5.99. The number of rotatable bonds is 5. The van der Waals surface area contributed by atoms with E-state index in [-0.39, 0.29) is 17.4 Å². The van der Waals surface area contributed by atoms with Gasteiger partial charge in [0.05, 0.1) is 23.9 Å². The summed E-state index contributed by atoms with van der Waals surface area (Å²) in [5.74, 6) is -0.576. The molecule has 4 atom stereocenters. The van der Waals surface area contributed by atoms with Gasteiger partial charge in [-0.1, -0.05) is 21.6 Å². The predicted octanol–water partition coefficient (Wildman–Crippen LogP) is 1.61. The number of carbonyl (C=O) groups is 1. The molecule has 1 aromatic carbocycles. The zero-order valence-corrected chi connectivity index (χ0v) is 13.6. The minimum Gasteiger partial charge on any atom is -0.478 e. The summed E-state index contributed by atoms with van der Waals surface area (Å²) in [5, 5.41) is 28.7. The van der Waals surface area contributed by atoms with Crippen LogP contribution in [0.3, 0.4) is 0 Å². The Hall–Kier alpha value is -0.930. The highest BCUT2D eigenvalue weighted by Crippen LogP contribution is 2.35. The lowest BCUT2D eigenvalue weighted by molar-refractivity contribution is -0.154. The van der Waals surface area contributed by atoms with E-state index in [1.54, 1.807) is 12.1 Å². The number of aliphatic hydroxyl groups is 2. The molecule has 1 heterocycles. The molecule has 0 amide bonds. The molecule has 0 spiro atoms. The van der Waals surface area contributed by atoms with Crippen molar-refractivity contribution in [2.75, 3.05) is 11.5 Å². The molecule has 122 valence electrons. The number of carboxylic acids is 1. The van der Waals surface area contributed by atoms with Gasteiger partial charge in [-0.15, -0.1) is 0 Å². The van der Waals surface area contributed by atoms with Crippen LogP contribution in [-0.4, -0.2) is 51.5 Å². The normalized spacial score (nSPS) is 28.5. The van der Waals surface area contributed by atoms with Crippen LogP contribution in [0.1, 0.15) is 23.7 Å². The van der Waals surface area contributed by atoms with Crippen LogP contribution in [0.2, 0.25) is 0 Å². The molecule has 8 heteroatoms. The van der Waals surface area contributed by atoms with Gasteiger partial charge < -0.3 is 25.8 Å². The number of anilines is 1. The van der Waals surface area contributed by atoms with E-state index in [2.05, 4.69) is 0 Å². The summed E-state index contributed by atoms with van der Waals surface area (Å²) >= 11 is 0. The van der Waals surface area contributed by atoms with Crippen molar-refractivity contribution in [1.82, 2.24) is 0 Å². The third kappa shape index (κ3) is 4.30. The summed E-state index contributed by atoms with van der Waals surface area (Å²) in [4.78, 5) is 11.8. The second kappa shape index (κ2) is 7.56. The van der Waals surface area contributed by atoms with Gasteiger partial charge in [0, 0.05) is 22.8 Å². The number of hydrogen-bond donors (Lipinski definition) is 4. The van der Waals surface area contributed by atoms with Crippen LogP contribution in [0, 0.1) is 0 Å². The molecule has 2 rings (SSSR count). The Morgan fingerprint density at radius 2 is 2.18 bits per heavy atom. The summed E-state index contributed by atoms with van der Waals surface area (Å²) in [6, 6.07) is 4.82. The second-order valence-electron chi connectivity index (χ2n) is 5.20. The first-order valence-electron chi connectivity index (χ1n) is 6.82. The molecule has 1 unspecified atom stereocenters. The molecular formula is C14H19NO5S2. The van der Waals surface area contributed by atoms with Crippen molar-refractivity contribution in [3.63, 3.8) is 0 Å². The fourth-order valence-corrected chi connectivity index (χ4v) is 4.47. The first kappa shape index (κ1) is 17.4. The molecule has 0 aromatic heterocycles. The Labute approximate surface area is 136 Å². The van der Waals surface area contributed by atoms with Gasteiger partial charge in [0.25, 0.3) is 0 Å². The molecule has 0 saturated carbocycles. The largest absolute Gasteiger partial charge is 0.478 e. The molecule has 1 fully saturated rings. The molecular weight excluding hydrogens is 326 g/mol. The van der Waals surface area contributed by atoms with E-state index >= 15 is 0 Å². The molecule has 1 aliphatic heterocycles. The zero-order chi connectivity index (χ0) is 16.3. The lowest BCUT2D eigenvalue weighted by Gasteiger charge is -2.35. The van der Waals surface area contributed by atoms with Crippen LogP contribution >= 0.6 is 21.6 Å². The Morgan fingerprint density at radius 3 is 2.86 bits per heavy atom. The summed E-state index contributed by atoms with van der Waals surface area (Å²) in [6.07, 6.45) is -1.78. The van der Waals surface area contributed by atoms with E-state index in [1.165, 1.54) is 27.7 Å². The average Bonchev–Trinajstić information content (AvgIpc) is 2.45. The smallest absolute Gasteiger partial charge is 0.337 e. The van der Waals surface area contributed by atoms with Gasteiger partial charge in [0.15, 0.2) is 0 Å². The van der Waals surface area contributed by atoms with Gasteiger partial charge in [-0.2, -0.15) is 0 Å². The van der Waals surface area contributed by atoms with Gasteiger partial charge in [-0.05, 0) is 25.1 Å². The first-order chi connectivity index (χ1) is 10.4. The van der Waals surface area contributed by atoms with Gasteiger partial charge >= 0.3 is 5.97 Å². The van der Waals surface area contributed by atoms with E-state index in [0.717, 1.165) is 4.90 Å². The van der Waals surface area contributed by atoms with Crippen LogP contribution < -0.4 is 5.73 Å². The van der Waals surface area contributed by atoms with Crippen LogP contribution in [0.15, 0.2) is 23.1 Å². The highest BCUT2D eigenvalue weighted by molar-refractivity contribution is 8.76. The van der Waals surface area contributed by atoms with Crippen molar-refractivity contribution in [1.29, 1.82) is 0 Å². The highest BCUT2D eigenvalue weighted by Gasteiger charge is 2.34. The molecule has 1 aromatic rings. The van der Waals surface area contributed by atoms with Crippen LogP contribution in [-0.2, 0) is 4.74 Å². The molecule has 1 aliphatic rings. The van der Waals surface area contributed by atoms with Crippen molar-refractivity contribution < 1.29 is 24.9 Å². The van der Waals surface area contributed by atoms with E-state index in [0.29, 0.717) is 12.2 Å². The minimum atomic E-state index is -1.06. The summed E-state index contributed by atoms with van der Waals surface area (Å²) in [5.41, 5.74) is 5.91. The molecule has 22 heavy (non-hydrogen) atoms. The van der Waals surface area contributed by atoms with E-state index < -0.39 is 24.3 Å². The first-order valence-corrected chi connectivity index (χ1v) is 9.14. The van der Waals surface area contributed by atoms with Crippen LogP contribution in [0.25, 0.3) is 0 Å². The molecule has 0 bridgehead atoms. The SMILES string of the molecule is CC1C[C@@H](O)[C@@H](O)[C@@H](CSSc2ccc(N)c(C(=O)O)c2)O1. The third-order valence-electron chi connectivity index (χ3n) is 3.40. The summed E-state index contributed by atoms with van der Waals surface area (Å²) < 4.78 is 5.63. The maximum Gasteiger partial charge on any atom is 0.337 e. The number of nitrogens with two attached hydrogens (primary N) is 1. The number of aromatic carboxylic acids is 1. The Bertz CT molecular complexity index is 542. The minimum absolute atomic E-state index is 0.0728. The number of carboxylic acid groups (broad SMARTS) is 1. The van der Waals surface area contributed by atoms with Crippen LogP contribution in [0.5, 0.6) is 0 Å². The Balaban J connectivity index is 1.91. The molecule has 6 nitrogen and oxygen atoms in total.